The first-order valence-electron chi connectivity index (χ1n) is 4.25. The highest BCUT2D eigenvalue weighted by molar-refractivity contribution is 6.30. The fourth-order valence-corrected chi connectivity index (χ4v) is 1.34. The van der Waals surface area contributed by atoms with Crippen LogP contribution in [-0.4, -0.2) is 16.3 Å². The number of hydrogen-bond donors (Lipinski definition) is 2. The van der Waals surface area contributed by atoms with Crippen LogP contribution in [0.4, 0.5) is 4.39 Å². The number of hydrogen-bond acceptors (Lipinski definition) is 3. The molecule has 0 heterocycles. The quantitative estimate of drug-likeness (QED) is 0.831. The van der Waals surface area contributed by atoms with E-state index in [0.29, 0.717) is 0 Å². The van der Waals surface area contributed by atoms with Gasteiger partial charge >= 0.3 is 0 Å². The lowest BCUT2D eigenvalue weighted by molar-refractivity contribution is 0.0195. The Morgan fingerprint density at radius 3 is 2.73 bits per heavy atom. The molecule has 0 aliphatic rings. The predicted octanol–water partition coefficient (Wildman–Crippen LogP) is 1.79. The van der Waals surface area contributed by atoms with Gasteiger partial charge < -0.3 is 10.2 Å². The molecule has 80 valence electrons. The minimum atomic E-state index is -1.44. The molecule has 3 nitrogen and oxygen atoms in total. The molecule has 0 spiro atoms. The first-order chi connectivity index (χ1) is 7.07. The van der Waals surface area contributed by atoms with Crippen LogP contribution in [0.2, 0.25) is 5.02 Å². The number of benzene rings is 1. The molecule has 2 N–H and O–H groups in total. The van der Waals surface area contributed by atoms with Crippen LogP contribution < -0.4 is 0 Å². The standard InChI is InChI=1S/C10H9ClFNO2/c11-7-3-1-2-6(9(7)12)10(15)8(14)4-5-13/h1-3,8,10,14-15H,4H2. The van der Waals surface area contributed by atoms with Gasteiger partial charge in [-0.3, -0.25) is 0 Å². The van der Waals surface area contributed by atoms with Crippen molar-refractivity contribution in [2.45, 2.75) is 18.6 Å². The molecule has 0 bridgehead atoms. The van der Waals surface area contributed by atoms with Crippen LogP contribution in [-0.2, 0) is 0 Å². The zero-order valence-corrected chi connectivity index (χ0v) is 8.45. The largest absolute Gasteiger partial charge is 0.389 e. The molecule has 0 saturated carbocycles. The number of nitrogens with zero attached hydrogens (tertiary/aromatic N) is 1. The second kappa shape index (κ2) is 5.08. The zero-order chi connectivity index (χ0) is 11.4. The van der Waals surface area contributed by atoms with E-state index in [1.807, 2.05) is 0 Å². The van der Waals surface area contributed by atoms with Crippen molar-refractivity contribution >= 4 is 11.6 Å². The lowest BCUT2D eigenvalue weighted by atomic mass is 10.0. The Labute approximate surface area is 91.3 Å². The zero-order valence-electron chi connectivity index (χ0n) is 7.69. The van der Waals surface area contributed by atoms with Gasteiger partial charge in [0.2, 0.25) is 0 Å². The van der Waals surface area contributed by atoms with E-state index >= 15 is 0 Å². The highest BCUT2D eigenvalue weighted by Crippen LogP contribution is 2.26. The van der Waals surface area contributed by atoms with Crippen molar-refractivity contribution in [3.05, 3.63) is 34.6 Å². The Bertz CT molecular complexity index is 391. The fourth-order valence-electron chi connectivity index (χ4n) is 1.16. The molecule has 0 radical (unpaired) electrons. The maximum Gasteiger partial charge on any atom is 0.147 e. The predicted molar refractivity (Wildman–Crippen MR) is 52.6 cm³/mol. The molecule has 0 fully saturated rings. The summed E-state index contributed by atoms with van der Waals surface area (Å²) in [6.45, 7) is 0. The van der Waals surface area contributed by atoms with Crippen LogP contribution >= 0.6 is 11.6 Å². The van der Waals surface area contributed by atoms with Gasteiger partial charge in [0.25, 0.3) is 0 Å². The first kappa shape index (κ1) is 11.9. The number of nitriles is 1. The summed E-state index contributed by atoms with van der Waals surface area (Å²) in [5.41, 5.74) is -0.106. The summed E-state index contributed by atoms with van der Waals surface area (Å²) in [7, 11) is 0. The number of aliphatic hydroxyl groups excluding tert-OH is 2. The highest BCUT2D eigenvalue weighted by Gasteiger charge is 2.22. The second-order valence-corrected chi connectivity index (χ2v) is 3.42. The lowest BCUT2D eigenvalue weighted by Gasteiger charge is -2.16. The normalized spacial score (nSPS) is 14.3. The van der Waals surface area contributed by atoms with Crippen LogP contribution in [0.1, 0.15) is 18.1 Å². The monoisotopic (exact) mass is 229 g/mol. The van der Waals surface area contributed by atoms with Gasteiger partial charge in [0, 0.05) is 5.56 Å². The summed E-state index contributed by atoms with van der Waals surface area (Å²) in [4.78, 5) is 0. The van der Waals surface area contributed by atoms with Crippen molar-refractivity contribution < 1.29 is 14.6 Å². The van der Waals surface area contributed by atoms with Gasteiger partial charge in [-0.05, 0) is 6.07 Å². The molecule has 2 atom stereocenters. The summed E-state index contributed by atoms with van der Waals surface area (Å²) < 4.78 is 13.4. The molecule has 1 aromatic carbocycles. The Morgan fingerprint density at radius 2 is 2.13 bits per heavy atom. The van der Waals surface area contributed by atoms with Gasteiger partial charge in [0.15, 0.2) is 0 Å². The van der Waals surface area contributed by atoms with Gasteiger partial charge in [0.05, 0.1) is 23.6 Å². The summed E-state index contributed by atoms with van der Waals surface area (Å²) in [6, 6.07) is 5.80. The van der Waals surface area contributed by atoms with Crippen molar-refractivity contribution in [2.24, 2.45) is 0 Å². The summed E-state index contributed by atoms with van der Waals surface area (Å²) in [6.07, 6.45) is -3.03. The Hall–Kier alpha value is -1.15. The van der Waals surface area contributed by atoms with E-state index in [9.17, 15) is 14.6 Å². The van der Waals surface area contributed by atoms with Crippen LogP contribution in [0.15, 0.2) is 18.2 Å². The van der Waals surface area contributed by atoms with Gasteiger partial charge in [-0.15, -0.1) is 0 Å². The van der Waals surface area contributed by atoms with Gasteiger partial charge in [0.1, 0.15) is 11.9 Å². The van der Waals surface area contributed by atoms with Gasteiger partial charge in [-0.25, -0.2) is 4.39 Å². The Balaban J connectivity index is 2.96. The molecule has 0 saturated heterocycles. The lowest BCUT2D eigenvalue weighted by Crippen LogP contribution is -2.18. The van der Waals surface area contributed by atoms with Crippen molar-refractivity contribution in [3.8, 4) is 6.07 Å². The van der Waals surface area contributed by atoms with Crippen molar-refractivity contribution in [2.75, 3.05) is 0 Å². The van der Waals surface area contributed by atoms with E-state index in [-0.39, 0.29) is 17.0 Å². The third-order valence-corrected chi connectivity index (χ3v) is 2.26. The molecule has 0 aliphatic carbocycles. The Morgan fingerprint density at radius 1 is 1.47 bits per heavy atom. The van der Waals surface area contributed by atoms with E-state index < -0.39 is 18.0 Å². The topological polar surface area (TPSA) is 64.2 Å². The summed E-state index contributed by atoms with van der Waals surface area (Å²) in [5, 5.41) is 27.0. The maximum absolute atomic E-state index is 13.4. The van der Waals surface area contributed by atoms with Crippen molar-refractivity contribution in [1.82, 2.24) is 0 Å². The molecule has 0 amide bonds. The minimum absolute atomic E-state index is 0.106. The molecule has 0 aromatic heterocycles. The average Bonchev–Trinajstić information content (AvgIpc) is 2.21. The number of rotatable bonds is 3. The number of aliphatic hydroxyl groups is 2. The van der Waals surface area contributed by atoms with Gasteiger partial charge in [-0.1, -0.05) is 23.7 Å². The summed E-state index contributed by atoms with van der Waals surface area (Å²) >= 11 is 5.51. The maximum atomic E-state index is 13.4. The average molecular weight is 230 g/mol. The van der Waals surface area contributed by atoms with E-state index in [0.717, 1.165) is 0 Å². The van der Waals surface area contributed by atoms with E-state index in [4.69, 9.17) is 16.9 Å². The molecule has 1 aromatic rings. The van der Waals surface area contributed by atoms with E-state index in [1.54, 1.807) is 6.07 Å². The third-order valence-electron chi connectivity index (χ3n) is 1.96. The van der Waals surface area contributed by atoms with E-state index in [1.165, 1.54) is 18.2 Å². The third kappa shape index (κ3) is 2.66. The van der Waals surface area contributed by atoms with Crippen LogP contribution in [0.3, 0.4) is 0 Å². The van der Waals surface area contributed by atoms with Gasteiger partial charge in [-0.2, -0.15) is 5.26 Å². The van der Waals surface area contributed by atoms with Crippen LogP contribution in [0, 0.1) is 17.1 Å². The highest BCUT2D eigenvalue weighted by atomic mass is 35.5. The van der Waals surface area contributed by atoms with Crippen molar-refractivity contribution in [1.29, 1.82) is 5.26 Å². The first-order valence-corrected chi connectivity index (χ1v) is 4.62. The van der Waals surface area contributed by atoms with Crippen LogP contribution in [0.25, 0.3) is 0 Å². The molecular weight excluding hydrogens is 221 g/mol. The van der Waals surface area contributed by atoms with E-state index in [2.05, 4.69) is 0 Å². The second-order valence-electron chi connectivity index (χ2n) is 3.02. The summed E-state index contributed by atoms with van der Waals surface area (Å²) in [5.74, 6) is -0.774. The Kier molecular flexibility index (Phi) is 4.04. The molecular formula is C10H9ClFNO2. The molecule has 0 aliphatic heterocycles. The molecule has 2 unspecified atom stereocenters. The van der Waals surface area contributed by atoms with Crippen LogP contribution in [0.5, 0.6) is 0 Å². The molecule has 5 heteroatoms. The fraction of sp³-hybridized carbons (Fsp3) is 0.300. The minimum Gasteiger partial charge on any atom is -0.389 e. The van der Waals surface area contributed by atoms with Crippen molar-refractivity contribution in [3.63, 3.8) is 0 Å². The molecule has 15 heavy (non-hydrogen) atoms. The smallest absolute Gasteiger partial charge is 0.147 e. The number of halogens is 2. The molecule has 1 rings (SSSR count). The SMILES string of the molecule is N#CCC(O)C(O)c1cccc(Cl)c1F.